The van der Waals surface area contributed by atoms with Crippen LogP contribution in [0.1, 0.15) is 17.3 Å². The van der Waals surface area contributed by atoms with Crippen LogP contribution < -0.4 is 5.32 Å². The van der Waals surface area contributed by atoms with Crippen LogP contribution in [-0.4, -0.2) is 52.8 Å². The summed E-state index contributed by atoms with van der Waals surface area (Å²) in [4.78, 5) is 15.6. The molecule has 3 heterocycles. The first kappa shape index (κ1) is 14.6. The monoisotopic (exact) mass is 303 g/mol. The minimum atomic E-state index is -0.0827. The average Bonchev–Trinajstić information content (AvgIpc) is 3.15. The van der Waals surface area contributed by atoms with Gasteiger partial charge in [0.15, 0.2) is 0 Å². The van der Waals surface area contributed by atoms with Crippen LogP contribution in [0.3, 0.4) is 0 Å². The van der Waals surface area contributed by atoms with Crippen molar-refractivity contribution >= 4 is 6.03 Å². The van der Waals surface area contributed by atoms with Gasteiger partial charge in [0, 0.05) is 52.0 Å². The molecular formula is C15H21N5O2. The molecule has 3 rings (SSSR count). The summed E-state index contributed by atoms with van der Waals surface area (Å²) in [6, 6.07) is 4.06. The predicted octanol–water partition coefficient (Wildman–Crippen LogP) is 1.30. The number of amides is 2. The zero-order valence-corrected chi connectivity index (χ0v) is 12.9. The summed E-state index contributed by atoms with van der Waals surface area (Å²) >= 11 is 0. The van der Waals surface area contributed by atoms with Gasteiger partial charge in [-0.2, -0.15) is 5.10 Å². The van der Waals surface area contributed by atoms with E-state index in [4.69, 9.17) is 4.42 Å². The number of urea groups is 1. The fourth-order valence-electron chi connectivity index (χ4n) is 2.74. The highest BCUT2D eigenvalue weighted by molar-refractivity contribution is 5.73. The fraction of sp³-hybridized carbons (Fsp3) is 0.467. The molecule has 0 aromatic carbocycles. The molecule has 2 aromatic rings. The van der Waals surface area contributed by atoms with Crippen LogP contribution in [0.2, 0.25) is 0 Å². The molecule has 7 nitrogen and oxygen atoms in total. The van der Waals surface area contributed by atoms with Crippen LogP contribution in [0.15, 0.2) is 35.3 Å². The summed E-state index contributed by atoms with van der Waals surface area (Å²) in [5, 5.41) is 7.34. The number of carbonyl (C=O) groups is 1. The molecule has 0 fully saturated rings. The molecule has 0 radical (unpaired) electrons. The molecule has 0 saturated carbocycles. The normalized spacial score (nSPS) is 18.0. The van der Waals surface area contributed by atoms with Crippen molar-refractivity contribution in [1.29, 1.82) is 0 Å². The highest BCUT2D eigenvalue weighted by atomic mass is 16.3. The van der Waals surface area contributed by atoms with Crippen molar-refractivity contribution < 1.29 is 9.21 Å². The standard InChI is InChI=1S/C15H21N5O2/c1-18(2)15(21)16-7-14-10-19(8-12-4-6-22-11-12)9-13-3-5-17-20(13)14/h3-6,11,14H,7-10H2,1-2H3,(H,16,21)/t14-/m0/s1. The summed E-state index contributed by atoms with van der Waals surface area (Å²) in [5.41, 5.74) is 2.32. The van der Waals surface area contributed by atoms with Crippen molar-refractivity contribution in [3.63, 3.8) is 0 Å². The van der Waals surface area contributed by atoms with E-state index in [1.165, 1.54) is 10.6 Å². The lowest BCUT2D eigenvalue weighted by Crippen LogP contribution is -2.44. The van der Waals surface area contributed by atoms with Crippen LogP contribution in [0.25, 0.3) is 0 Å². The number of nitrogens with one attached hydrogen (secondary N) is 1. The summed E-state index contributed by atoms with van der Waals surface area (Å²) in [7, 11) is 3.47. The number of carbonyl (C=O) groups excluding carboxylic acids is 1. The maximum Gasteiger partial charge on any atom is 0.316 e. The summed E-state index contributed by atoms with van der Waals surface area (Å²) in [5.74, 6) is 0. The third kappa shape index (κ3) is 3.14. The van der Waals surface area contributed by atoms with Crippen LogP contribution >= 0.6 is 0 Å². The molecule has 0 bridgehead atoms. The Bertz CT molecular complexity index is 620. The van der Waals surface area contributed by atoms with Gasteiger partial charge in [-0.1, -0.05) is 0 Å². The van der Waals surface area contributed by atoms with Gasteiger partial charge in [0.1, 0.15) is 0 Å². The first-order valence-corrected chi connectivity index (χ1v) is 7.34. The zero-order chi connectivity index (χ0) is 15.5. The highest BCUT2D eigenvalue weighted by Gasteiger charge is 2.26. The molecule has 1 atom stereocenters. The molecule has 0 aliphatic carbocycles. The summed E-state index contributed by atoms with van der Waals surface area (Å²) in [6.07, 6.45) is 5.28. The van der Waals surface area contributed by atoms with Gasteiger partial charge >= 0.3 is 6.03 Å². The molecule has 0 unspecified atom stereocenters. The van der Waals surface area contributed by atoms with Gasteiger partial charge in [-0.25, -0.2) is 4.79 Å². The minimum Gasteiger partial charge on any atom is -0.472 e. The largest absolute Gasteiger partial charge is 0.472 e. The molecule has 1 aliphatic rings. The lowest BCUT2D eigenvalue weighted by Gasteiger charge is -2.34. The van der Waals surface area contributed by atoms with Gasteiger partial charge in [-0.05, 0) is 12.1 Å². The Hall–Kier alpha value is -2.28. The Labute approximate surface area is 129 Å². The Morgan fingerprint density at radius 2 is 2.36 bits per heavy atom. The Kier molecular flexibility index (Phi) is 4.15. The second-order valence-corrected chi connectivity index (χ2v) is 5.80. The maximum atomic E-state index is 11.7. The van der Waals surface area contributed by atoms with Gasteiger partial charge in [0.05, 0.1) is 24.3 Å². The number of furan rings is 1. The quantitative estimate of drug-likeness (QED) is 0.924. The minimum absolute atomic E-state index is 0.0827. The third-order valence-corrected chi connectivity index (χ3v) is 3.83. The van der Waals surface area contributed by atoms with Crippen molar-refractivity contribution in [2.45, 2.75) is 19.1 Å². The Balaban J connectivity index is 1.68. The van der Waals surface area contributed by atoms with Crippen LogP contribution in [0, 0.1) is 0 Å². The van der Waals surface area contributed by atoms with E-state index < -0.39 is 0 Å². The Morgan fingerprint density at radius 3 is 3.09 bits per heavy atom. The number of hydrogen-bond acceptors (Lipinski definition) is 4. The van der Waals surface area contributed by atoms with E-state index in [0.29, 0.717) is 6.54 Å². The molecule has 22 heavy (non-hydrogen) atoms. The van der Waals surface area contributed by atoms with Crippen LogP contribution in [-0.2, 0) is 13.1 Å². The van der Waals surface area contributed by atoms with E-state index in [0.717, 1.165) is 25.2 Å². The van der Waals surface area contributed by atoms with E-state index in [9.17, 15) is 4.79 Å². The van der Waals surface area contributed by atoms with Gasteiger partial charge in [0.2, 0.25) is 0 Å². The van der Waals surface area contributed by atoms with E-state index in [1.807, 2.05) is 23.0 Å². The molecule has 0 saturated heterocycles. The van der Waals surface area contributed by atoms with Gasteiger partial charge in [0.25, 0.3) is 0 Å². The van der Waals surface area contributed by atoms with Gasteiger partial charge < -0.3 is 14.6 Å². The van der Waals surface area contributed by atoms with E-state index in [-0.39, 0.29) is 12.1 Å². The van der Waals surface area contributed by atoms with Crippen molar-refractivity contribution in [1.82, 2.24) is 24.9 Å². The first-order valence-electron chi connectivity index (χ1n) is 7.34. The van der Waals surface area contributed by atoms with Crippen molar-refractivity contribution in [2.24, 2.45) is 0 Å². The fourth-order valence-corrected chi connectivity index (χ4v) is 2.74. The topological polar surface area (TPSA) is 66.5 Å². The Morgan fingerprint density at radius 1 is 1.50 bits per heavy atom. The molecule has 2 amide bonds. The second-order valence-electron chi connectivity index (χ2n) is 5.80. The van der Waals surface area contributed by atoms with Crippen molar-refractivity contribution in [2.75, 3.05) is 27.2 Å². The number of fused-ring (bicyclic) bond motifs is 1. The first-order chi connectivity index (χ1) is 10.6. The lowest BCUT2D eigenvalue weighted by atomic mass is 10.1. The highest BCUT2D eigenvalue weighted by Crippen LogP contribution is 2.21. The van der Waals surface area contributed by atoms with Crippen LogP contribution in [0.4, 0.5) is 4.79 Å². The second kappa shape index (κ2) is 6.23. The molecule has 1 N–H and O–H groups in total. The molecular weight excluding hydrogens is 282 g/mol. The number of aromatic nitrogens is 2. The number of hydrogen-bond donors (Lipinski definition) is 1. The van der Waals surface area contributed by atoms with E-state index in [1.54, 1.807) is 26.6 Å². The van der Waals surface area contributed by atoms with E-state index >= 15 is 0 Å². The van der Waals surface area contributed by atoms with Crippen molar-refractivity contribution in [3.05, 3.63) is 42.1 Å². The summed E-state index contributed by atoms with van der Waals surface area (Å²) < 4.78 is 7.15. The maximum absolute atomic E-state index is 11.7. The lowest BCUT2D eigenvalue weighted by molar-refractivity contribution is 0.162. The SMILES string of the molecule is CN(C)C(=O)NC[C@H]1CN(Cc2ccoc2)Cc2ccnn21. The van der Waals surface area contributed by atoms with Gasteiger partial charge in [-0.3, -0.25) is 9.58 Å². The number of nitrogens with zero attached hydrogens (tertiary/aromatic N) is 4. The van der Waals surface area contributed by atoms with E-state index in [2.05, 4.69) is 15.3 Å². The van der Waals surface area contributed by atoms with Crippen molar-refractivity contribution in [3.8, 4) is 0 Å². The third-order valence-electron chi connectivity index (χ3n) is 3.83. The number of rotatable bonds is 4. The van der Waals surface area contributed by atoms with Crippen LogP contribution in [0.5, 0.6) is 0 Å². The summed E-state index contributed by atoms with van der Waals surface area (Å²) in [6.45, 7) is 3.09. The predicted molar refractivity (Wildman–Crippen MR) is 81.2 cm³/mol. The van der Waals surface area contributed by atoms with Gasteiger partial charge in [-0.15, -0.1) is 0 Å². The molecule has 0 spiro atoms. The molecule has 7 heteroatoms. The molecule has 118 valence electrons. The molecule has 1 aliphatic heterocycles. The average molecular weight is 303 g/mol. The smallest absolute Gasteiger partial charge is 0.316 e. The molecule has 2 aromatic heterocycles. The zero-order valence-electron chi connectivity index (χ0n) is 12.9.